The topological polar surface area (TPSA) is 59.1 Å². The third-order valence-corrected chi connectivity index (χ3v) is 7.03. The van der Waals surface area contributed by atoms with Crippen molar-refractivity contribution in [3.63, 3.8) is 0 Å². The van der Waals surface area contributed by atoms with Crippen LogP contribution < -0.4 is 14.4 Å². The standard InChI is InChI=1S/C20H24N2O4S/c1-2-6-16-13-18-19(26-15-25-18)14-20(16)27(23,24)22-11-9-21(10-12-22)17-7-4-3-5-8-17/h3-5,7-8,13-14H,2,6,9-12,15H2,1H3. The predicted molar refractivity (Wildman–Crippen MR) is 104 cm³/mol. The summed E-state index contributed by atoms with van der Waals surface area (Å²) >= 11 is 0. The molecule has 0 spiro atoms. The van der Waals surface area contributed by atoms with Crippen LogP contribution in [0.5, 0.6) is 11.5 Å². The van der Waals surface area contributed by atoms with Crippen LogP contribution in [0.2, 0.25) is 0 Å². The molecule has 4 rings (SSSR count). The fraction of sp³-hybridized carbons (Fsp3) is 0.400. The lowest BCUT2D eigenvalue weighted by molar-refractivity contribution is 0.174. The Morgan fingerprint density at radius 3 is 2.30 bits per heavy atom. The molecule has 0 atom stereocenters. The maximum Gasteiger partial charge on any atom is 0.243 e. The lowest BCUT2D eigenvalue weighted by atomic mass is 10.1. The fourth-order valence-electron chi connectivity index (χ4n) is 3.63. The van der Waals surface area contributed by atoms with Crippen molar-refractivity contribution in [2.45, 2.75) is 24.7 Å². The average molecular weight is 388 g/mol. The molecule has 6 nitrogen and oxygen atoms in total. The molecule has 2 aliphatic rings. The number of aryl methyl sites for hydroxylation is 1. The van der Waals surface area contributed by atoms with Crippen molar-refractivity contribution in [3.05, 3.63) is 48.0 Å². The summed E-state index contributed by atoms with van der Waals surface area (Å²) in [5.41, 5.74) is 1.93. The van der Waals surface area contributed by atoms with Crippen molar-refractivity contribution >= 4 is 15.7 Å². The molecule has 2 heterocycles. The zero-order chi connectivity index (χ0) is 18.9. The maximum absolute atomic E-state index is 13.3. The van der Waals surface area contributed by atoms with E-state index in [-0.39, 0.29) is 6.79 Å². The fourth-order valence-corrected chi connectivity index (χ4v) is 5.31. The van der Waals surface area contributed by atoms with Crippen molar-refractivity contribution in [1.29, 1.82) is 0 Å². The number of anilines is 1. The first-order valence-electron chi connectivity index (χ1n) is 9.32. The number of hydrogen-bond acceptors (Lipinski definition) is 5. The average Bonchev–Trinajstić information content (AvgIpc) is 3.16. The lowest BCUT2D eigenvalue weighted by Gasteiger charge is -2.35. The molecule has 0 aliphatic carbocycles. The number of ether oxygens (including phenoxy) is 2. The second-order valence-corrected chi connectivity index (χ2v) is 8.70. The molecule has 2 aliphatic heterocycles. The molecule has 2 aromatic carbocycles. The third kappa shape index (κ3) is 3.49. The van der Waals surface area contributed by atoms with Gasteiger partial charge in [0.2, 0.25) is 16.8 Å². The van der Waals surface area contributed by atoms with Gasteiger partial charge in [0.05, 0.1) is 4.90 Å². The number of benzene rings is 2. The molecule has 144 valence electrons. The van der Waals surface area contributed by atoms with Gasteiger partial charge in [-0.15, -0.1) is 0 Å². The number of piperazine rings is 1. The summed E-state index contributed by atoms with van der Waals surface area (Å²) < 4.78 is 39.1. The Morgan fingerprint density at radius 1 is 0.963 bits per heavy atom. The Bertz CT molecular complexity index is 907. The summed E-state index contributed by atoms with van der Waals surface area (Å²) in [6.07, 6.45) is 1.55. The Morgan fingerprint density at radius 2 is 1.63 bits per heavy atom. The number of rotatable bonds is 5. The van der Waals surface area contributed by atoms with Gasteiger partial charge in [0.1, 0.15) is 0 Å². The molecule has 2 aromatic rings. The second-order valence-electron chi connectivity index (χ2n) is 6.79. The van der Waals surface area contributed by atoms with Gasteiger partial charge in [0.25, 0.3) is 0 Å². The predicted octanol–water partition coefficient (Wildman–Crippen LogP) is 2.88. The summed E-state index contributed by atoms with van der Waals surface area (Å²) in [5.74, 6) is 1.14. The molecule has 0 saturated carbocycles. The van der Waals surface area contributed by atoms with E-state index in [1.165, 1.54) is 0 Å². The first kappa shape index (κ1) is 18.1. The normalized spacial score (nSPS) is 17.3. The van der Waals surface area contributed by atoms with Crippen LogP contribution in [0.4, 0.5) is 5.69 Å². The van der Waals surface area contributed by atoms with Crippen LogP contribution in [0.15, 0.2) is 47.4 Å². The van der Waals surface area contributed by atoms with Crippen molar-refractivity contribution in [1.82, 2.24) is 4.31 Å². The van der Waals surface area contributed by atoms with E-state index in [4.69, 9.17) is 9.47 Å². The van der Waals surface area contributed by atoms with E-state index in [0.717, 1.165) is 17.7 Å². The number of sulfonamides is 1. The van der Waals surface area contributed by atoms with Crippen LogP contribution in [0, 0.1) is 0 Å². The highest BCUT2D eigenvalue weighted by atomic mass is 32.2. The minimum atomic E-state index is -3.57. The molecule has 0 aromatic heterocycles. The summed E-state index contributed by atoms with van der Waals surface area (Å²) in [4.78, 5) is 2.57. The molecule has 1 saturated heterocycles. The van der Waals surface area contributed by atoms with Gasteiger partial charge >= 0.3 is 0 Å². The van der Waals surface area contributed by atoms with Gasteiger partial charge in [-0.3, -0.25) is 0 Å². The lowest BCUT2D eigenvalue weighted by Crippen LogP contribution is -2.48. The first-order chi connectivity index (χ1) is 13.1. The number of hydrogen-bond donors (Lipinski definition) is 0. The van der Waals surface area contributed by atoms with E-state index >= 15 is 0 Å². The van der Waals surface area contributed by atoms with Crippen molar-refractivity contribution in [2.75, 3.05) is 37.9 Å². The van der Waals surface area contributed by atoms with Crippen molar-refractivity contribution < 1.29 is 17.9 Å². The molecule has 27 heavy (non-hydrogen) atoms. The van der Waals surface area contributed by atoms with E-state index < -0.39 is 10.0 Å². The van der Waals surface area contributed by atoms with Gasteiger partial charge in [-0.2, -0.15) is 4.31 Å². The van der Waals surface area contributed by atoms with Gasteiger partial charge < -0.3 is 14.4 Å². The monoisotopic (exact) mass is 388 g/mol. The highest BCUT2D eigenvalue weighted by Crippen LogP contribution is 2.38. The largest absolute Gasteiger partial charge is 0.454 e. The van der Waals surface area contributed by atoms with Crippen LogP contribution in [0.1, 0.15) is 18.9 Å². The SMILES string of the molecule is CCCc1cc2c(cc1S(=O)(=O)N1CCN(c3ccccc3)CC1)OCO2. The summed E-state index contributed by atoms with van der Waals surface area (Å²) in [6.45, 7) is 4.47. The summed E-state index contributed by atoms with van der Waals surface area (Å²) in [6, 6.07) is 13.6. The van der Waals surface area contributed by atoms with Crippen LogP contribution in [-0.4, -0.2) is 45.7 Å². The molecule has 0 bridgehead atoms. The Balaban J connectivity index is 1.57. The molecule has 0 unspecified atom stereocenters. The molecule has 7 heteroatoms. The van der Waals surface area contributed by atoms with Crippen molar-refractivity contribution in [2.24, 2.45) is 0 Å². The smallest absolute Gasteiger partial charge is 0.243 e. The molecule has 1 fully saturated rings. The van der Waals surface area contributed by atoms with Crippen LogP contribution in [0.3, 0.4) is 0 Å². The highest BCUT2D eigenvalue weighted by molar-refractivity contribution is 7.89. The zero-order valence-corrected chi connectivity index (χ0v) is 16.2. The van der Waals surface area contributed by atoms with Gasteiger partial charge in [0, 0.05) is 37.9 Å². The first-order valence-corrected chi connectivity index (χ1v) is 10.8. The Hall–Kier alpha value is -2.25. The van der Waals surface area contributed by atoms with Crippen LogP contribution in [-0.2, 0) is 16.4 Å². The summed E-state index contributed by atoms with van der Waals surface area (Å²) in [7, 11) is -3.57. The van der Waals surface area contributed by atoms with Gasteiger partial charge in [-0.05, 0) is 30.2 Å². The molecule has 0 N–H and O–H groups in total. The van der Waals surface area contributed by atoms with E-state index in [0.29, 0.717) is 49.0 Å². The Kier molecular flexibility index (Phi) is 4.97. The zero-order valence-electron chi connectivity index (χ0n) is 15.4. The minimum Gasteiger partial charge on any atom is -0.454 e. The van der Waals surface area contributed by atoms with E-state index in [9.17, 15) is 8.42 Å². The summed E-state index contributed by atoms with van der Waals surface area (Å²) in [5, 5.41) is 0. The molecule has 0 amide bonds. The van der Waals surface area contributed by atoms with Crippen LogP contribution >= 0.6 is 0 Å². The number of fused-ring (bicyclic) bond motifs is 1. The van der Waals surface area contributed by atoms with Gasteiger partial charge in [-0.25, -0.2) is 8.42 Å². The number of para-hydroxylation sites is 1. The number of nitrogens with zero attached hydrogens (tertiary/aromatic N) is 2. The molecular weight excluding hydrogens is 364 g/mol. The quantitative estimate of drug-likeness (QED) is 0.788. The Labute approximate surface area is 160 Å². The van der Waals surface area contributed by atoms with Gasteiger partial charge in [0.15, 0.2) is 11.5 Å². The van der Waals surface area contributed by atoms with E-state index in [2.05, 4.69) is 17.0 Å². The highest BCUT2D eigenvalue weighted by Gasteiger charge is 2.32. The third-order valence-electron chi connectivity index (χ3n) is 5.05. The minimum absolute atomic E-state index is 0.139. The molecular formula is C20H24N2O4S. The van der Waals surface area contributed by atoms with E-state index in [1.807, 2.05) is 31.2 Å². The maximum atomic E-state index is 13.3. The van der Waals surface area contributed by atoms with Crippen molar-refractivity contribution in [3.8, 4) is 11.5 Å². The van der Waals surface area contributed by atoms with Gasteiger partial charge in [-0.1, -0.05) is 31.5 Å². The van der Waals surface area contributed by atoms with Crippen LogP contribution in [0.25, 0.3) is 0 Å². The second kappa shape index (κ2) is 7.40. The molecule has 0 radical (unpaired) electrons. The van der Waals surface area contributed by atoms with E-state index in [1.54, 1.807) is 10.4 Å².